The Morgan fingerprint density at radius 2 is 2.00 bits per heavy atom. The van der Waals surface area contributed by atoms with Crippen LogP contribution in [-0.4, -0.2) is 30.0 Å². The number of nitrogens with zero attached hydrogens (tertiary/aromatic N) is 1. The Labute approximate surface area is 126 Å². The average molecular weight is 290 g/mol. The molecule has 1 saturated carbocycles. The van der Waals surface area contributed by atoms with E-state index in [1.165, 1.54) is 38.5 Å². The zero-order valence-corrected chi connectivity index (χ0v) is 12.8. The lowest BCUT2D eigenvalue weighted by molar-refractivity contribution is 0.1000. The number of hydrogen-bond acceptors (Lipinski definition) is 4. The molecular formula is C16H26N4O. The maximum absolute atomic E-state index is 11.5. The number of aryl methyl sites for hydroxylation is 1. The number of carbonyl (C=O) groups excluding carboxylic acids is 1. The van der Waals surface area contributed by atoms with E-state index >= 15 is 0 Å². The quantitative estimate of drug-likeness (QED) is 0.554. The Kier molecular flexibility index (Phi) is 5.99. The number of anilines is 1. The van der Waals surface area contributed by atoms with Crippen LogP contribution in [0.15, 0.2) is 12.3 Å². The molecular weight excluding hydrogens is 264 g/mol. The highest BCUT2D eigenvalue weighted by Crippen LogP contribution is 2.17. The molecule has 0 aliphatic heterocycles. The van der Waals surface area contributed by atoms with E-state index in [1.54, 1.807) is 12.3 Å². The Morgan fingerprint density at radius 3 is 2.67 bits per heavy atom. The van der Waals surface area contributed by atoms with Gasteiger partial charge in [-0.25, -0.2) is 4.98 Å². The van der Waals surface area contributed by atoms with Crippen molar-refractivity contribution in [1.82, 2.24) is 10.3 Å². The lowest BCUT2D eigenvalue weighted by Gasteiger charge is -2.17. The van der Waals surface area contributed by atoms with Crippen LogP contribution in [0.25, 0.3) is 0 Å². The SMILES string of the molecule is Cc1ccnc(NCCNC2CCCCCC2)c1C(N)=O. The number of carbonyl (C=O) groups is 1. The fraction of sp³-hybridized carbons (Fsp3) is 0.625. The van der Waals surface area contributed by atoms with Gasteiger partial charge in [-0.15, -0.1) is 0 Å². The van der Waals surface area contributed by atoms with Crippen molar-refractivity contribution < 1.29 is 4.79 Å². The minimum absolute atomic E-state index is 0.431. The molecule has 0 bridgehead atoms. The predicted octanol–water partition coefficient (Wildman–Crippen LogP) is 2.21. The number of pyridine rings is 1. The van der Waals surface area contributed by atoms with Crippen molar-refractivity contribution in [2.75, 3.05) is 18.4 Å². The summed E-state index contributed by atoms with van der Waals surface area (Å²) in [5, 5.41) is 6.80. The van der Waals surface area contributed by atoms with Crippen molar-refractivity contribution >= 4 is 11.7 Å². The number of nitrogens with one attached hydrogen (secondary N) is 2. The molecule has 21 heavy (non-hydrogen) atoms. The van der Waals surface area contributed by atoms with Crippen molar-refractivity contribution in [1.29, 1.82) is 0 Å². The molecule has 0 saturated heterocycles. The van der Waals surface area contributed by atoms with Gasteiger partial charge in [0.2, 0.25) is 0 Å². The zero-order chi connectivity index (χ0) is 15.1. The summed E-state index contributed by atoms with van der Waals surface area (Å²) in [5.41, 5.74) is 6.77. The summed E-state index contributed by atoms with van der Waals surface area (Å²) < 4.78 is 0. The van der Waals surface area contributed by atoms with E-state index in [0.717, 1.165) is 18.7 Å². The van der Waals surface area contributed by atoms with Crippen LogP contribution in [-0.2, 0) is 0 Å². The first kappa shape index (κ1) is 15.8. The zero-order valence-electron chi connectivity index (χ0n) is 12.8. The average Bonchev–Trinajstić information content (AvgIpc) is 2.72. The van der Waals surface area contributed by atoms with Gasteiger partial charge in [0.25, 0.3) is 5.91 Å². The van der Waals surface area contributed by atoms with Crippen LogP contribution in [0.4, 0.5) is 5.82 Å². The second kappa shape index (κ2) is 7.98. The third-order valence-corrected chi connectivity index (χ3v) is 4.11. The Bertz CT molecular complexity index is 467. The summed E-state index contributed by atoms with van der Waals surface area (Å²) in [6.45, 7) is 3.49. The monoisotopic (exact) mass is 290 g/mol. The van der Waals surface area contributed by atoms with Crippen LogP contribution in [0, 0.1) is 6.92 Å². The highest BCUT2D eigenvalue weighted by molar-refractivity contribution is 5.98. The molecule has 1 heterocycles. The minimum Gasteiger partial charge on any atom is -0.368 e. The van der Waals surface area contributed by atoms with Gasteiger partial charge in [-0.1, -0.05) is 25.7 Å². The summed E-state index contributed by atoms with van der Waals surface area (Å²) in [6.07, 6.45) is 9.64. The normalized spacial score (nSPS) is 16.4. The third-order valence-electron chi connectivity index (χ3n) is 4.11. The van der Waals surface area contributed by atoms with Gasteiger partial charge >= 0.3 is 0 Å². The molecule has 0 spiro atoms. The standard InChI is InChI=1S/C16H26N4O/c1-12-8-9-19-16(14(12)15(17)21)20-11-10-18-13-6-4-2-3-5-7-13/h8-9,13,18H,2-7,10-11H2,1H3,(H2,17,21)(H,19,20). The fourth-order valence-corrected chi connectivity index (χ4v) is 2.94. The van der Waals surface area contributed by atoms with E-state index in [1.807, 2.05) is 6.92 Å². The van der Waals surface area contributed by atoms with E-state index in [-0.39, 0.29) is 0 Å². The van der Waals surface area contributed by atoms with Crippen molar-refractivity contribution in [3.63, 3.8) is 0 Å². The lowest BCUT2D eigenvalue weighted by atomic mass is 10.1. The summed E-state index contributed by atoms with van der Waals surface area (Å²) >= 11 is 0. The van der Waals surface area contributed by atoms with Crippen molar-refractivity contribution in [3.8, 4) is 0 Å². The Morgan fingerprint density at radius 1 is 1.29 bits per heavy atom. The summed E-state index contributed by atoms with van der Waals surface area (Å²) in [7, 11) is 0. The molecule has 1 aliphatic rings. The first-order valence-corrected chi connectivity index (χ1v) is 7.91. The molecule has 0 radical (unpaired) electrons. The maximum atomic E-state index is 11.5. The van der Waals surface area contributed by atoms with Crippen LogP contribution in [0.2, 0.25) is 0 Å². The van der Waals surface area contributed by atoms with Crippen molar-refractivity contribution in [2.24, 2.45) is 5.73 Å². The number of aromatic nitrogens is 1. The lowest BCUT2D eigenvalue weighted by Crippen LogP contribution is -2.33. The van der Waals surface area contributed by atoms with E-state index in [4.69, 9.17) is 5.73 Å². The number of amides is 1. The second-order valence-corrected chi connectivity index (χ2v) is 5.79. The van der Waals surface area contributed by atoms with Crippen LogP contribution >= 0.6 is 0 Å². The molecule has 1 aromatic heterocycles. The van der Waals surface area contributed by atoms with Gasteiger partial charge in [0.1, 0.15) is 5.82 Å². The Balaban J connectivity index is 1.80. The van der Waals surface area contributed by atoms with Crippen LogP contribution in [0.3, 0.4) is 0 Å². The molecule has 5 nitrogen and oxygen atoms in total. The summed E-state index contributed by atoms with van der Waals surface area (Å²) in [4.78, 5) is 15.7. The van der Waals surface area contributed by atoms with Crippen LogP contribution in [0.1, 0.15) is 54.4 Å². The number of rotatable bonds is 6. The summed E-state index contributed by atoms with van der Waals surface area (Å²) in [5.74, 6) is 0.157. The van der Waals surface area contributed by atoms with Gasteiger partial charge in [-0.2, -0.15) is 0 Å². The molecule has 0 aromatic carbocycles. The second-order valence-electron chi connectivity index (χ2n) is 5.79. The van der Waals surface area contributed by atoms with Gasteiger partial charge in [0, 0.05) is 25.3 Å². The number of nitrogens with two attached hydrogens (primary N) is 1. The topological polar surface area (TPSA) is 80.0 Å². The first-order valence-electron chi connectivity index (χ1n) is 7.91. The van der Waals surface area contributed by atoms with Gasteiger partial charge in [-0.05, 0) is 31.4 Å². The van der Waals surface area contributed by atoms with Crippen molar-refractivity contribution in [2.45, 2.75) is 51.5 Å². The van der Waals surface area contributed by atoms with Gasteiger partial charge in [0.05, 0.1) is 5.56 Å². The van der Waals surface area contributed by atoms with Crippen LogP contribution in [0.5, 0.6) is 0 Å². The third kappa shape index (κ3) is 4.70. The first-order chi connectivity index (χ1) is 10.2. The molecule has 1 aliphatic carbocycles. The van der Waals surface area contributed by atoms with E-state index in [0.29, 0.717) is 17.4 Å². The van der Waals surface area contributed by atoms with E-state index in [2.05, 4.69) is 15.6 Å². The van der Waals surface area contributed by atoms with E-state index in [9.17, 15) is 4.79 Å². The fourth-order valence-electron chi connectivity index (χ4n) is 2.94. The van der Waals surface area contributed by atoms with Crippen LogP contribution < -0.4 is 16.4 Å². The molecule has 4 N–H and O–H groups in total. The summed E-state index contributed by atoms with van der Waals surface area (Å²) in [6, 6.07) is 2.44. The molecule has 0 atom stereocenters. The molecule has 5 heteroatoms. The van der Waals surface area contributed by atoms with Gasteiger partial charge in [0.15, 0.2) is 0 Å². The smallest absolute Gasteiger partial charge is 0.252 e. The minimum atomic E-state index is -0.431. The maximum Gasteiger partial charge on any atom is 0.252 e. The molecule has 1 amide bonds. The largest absolute Gasteiger partial charge is 0.368 e. The molecule has 1 aromatic rings. The van der Waals surface area contributed by atoms with Crippen molar-refractivity contribution in [3.05, 3.63) is 23.4 Å². The predicted molar refractivity (Wildman–Crippen MR) is 85.5 cm³/mol. The molecule has 116 valence electrons. The number of primary amides is 1. The van der Waals surface area contributed by atoms with E-state index < -0.39 is 5.91 Å². The van der Waals surface area contributed by atoms with Gasteiger partial charge in [-0.3, -0.25) is 4.79 Å². The number of hydrogen-bond donors (Lipinski definition) is 3. The Hall–Kier alpha value is -1.62. The van der Waals surface area contributed by atoms with Gasteiger partial charge < -0.3 is 16.4 Å². The highest BCUT2D eigenvalue weighted by atomic mass is 16.1. The molecule has 2 rings (SSSR count). The highest BCUT2D eigenvalue weighted by Gasteiger charge is 2.13. The molecule has 0 unspecified atom stereocenters. The molecule has 1 fully saturated rings.